The van der Waals surface area contributed by atoms with Crippen molar-refractivity contribution in [2.75, 3.05) is 0 Å². The lowest BCUT2D eigenvalue weighted by Crippen LogP contribution is -2.33. The number of aliphatic hydroxyl groups is 1. The van der Waals surface area contributed by atoms with Crippen molar-refractivity contribution in [1.82, 2.24) is 0 Å². The molecule has 1 atom stereocenters. The van der Waals surface area contributed by atoms with Crippen molar-refractivity contribution in [3.8, 4) is 0 Å². The third kappa shape index (κ3) is 5.78. The minimum atomic E-state index is -0.796. The zero-order valence-electron chi connectivity index (χ0n) is 10.8. The Bertz CT molecular complexity index is 213. The van der Waals surface area contributed by atoms with Crippen LogP contribution in [0.25, 0.3) is 0 Å². The van der Waals surface area contributed by atoms with Gasteiger partial charge in [-0.25, -0.2) is 0 Å². The Labute approximate surface area is 92.8 Å². The second-order valence-corrected chi connectivity index (χ2v) is 5.47. The molecular weight excluding hydrogens is 192 g/mol. The van der Waals surface area contributed by atoms with Crippen molar-refractivity contribution in [3.05, 3.63) is 0 Å². The van der Waals surface area contributed by atoms with Gasteiger partial charge in [-0.05, 0) is 41.0 Å². The second kappa shape index (κ2) is 4.97. The maximum atomic E-state index is 11.7. The number of hydrogen-bond acceptors (Lipinski definition) is 3. The summed E-state index contributed by atoms with van der Waals surface area (Å²) >= 11 is 0. The Balaban J connectivity index is 4.20. The number of carbonyl (C=O) groups is 1. The van der Waals surface area contributed by atoms with Gasteiger partial charge in [-0.1, -0.05) is 6.92 Å². The van der Waals surface area contributed by atoms with Crippen LogP contribution in [0, 0.1) is 5.41 Å². The zero-order chi connectivity index (χ0) is 12.3. The number of ether oxygens (including phenoxy) is 1. The van der Waals surface area contributed by atoms with Gasteiger partial charge < -0.3 is 9.84 Å². The fourth-order valence-electron chi connectivity index (χ4n) is 1.23. The van der Waals surface area contributed by atoms with Crippen LogP contribution in [-0.4, -0.2) is 22.8 Å². The van der Waals surface area contributed by atoms with Crippen LogP contribution >= 0.6 is 0 Å². The summed E-state index contributed by atoms with van der Waals surface area (Å²) in [5, 5.41) is 9.57. The fraction of sp³-hybridized carbons (Fsp3) is 0.917. The van der Waals surface area contributed by atoms with E-state index in [0.29, 0.717) is 6.42 Å². The van der Waals surface area contributed by atoms with Crippen LogP contribution in [0.5, 0.6) is 0 Å². The third-order valence-electron chi connectivity index (χ3n) is 2.53. The first-order valence-corrected chi connectivity index (χ1v) is 5.52. The zero-order valence-corrected chi connectivity index (χ0v) is 10.8. The molecule has 0 bridgehead atoms. The van der Waals surface area contributed by atoms with Crippen molar-refractivity contribution in [3.63, 3.8) is 0 Å². The van der Waals surface area contributed by atoms with Gasteiger partial charge in [-0.2, -0.15) is 0 Å². The Morgan fingerprint density at radius 2 is 1.80 bits per heavy atom. The summed E-state index contributed by atoms with van der Waals surface area (Å²) in [4.78, 5) is 11.7. The molecule has 90 valence electrons. The van der Waals surface area contributed by atoms with E-state index in [0.717, 1.165) is 6.42 Å². The summed E-state index contributed by atoms with van der Waals surface area (Å²) in [6.45, 7) is 10.9. The molecule has 15 heavy (non-hydrogen) atoms. The van der Waals surface area contributed by atoms with Crippen LogP contribution in [0.4, 0.5) is 0 Å². The van der Waals surface area contributed by atoms with E-state index in [1.54, 1.807) is 13.8 Å². The van der Waals surface area contributed by atoms with Gasteiger partial charge in [0.1, 0.15) is 6.10 Å². The van der Waals surface area contributed by atoms with Crippen LogP contribution in [-0.2, 0) is 9.53 Å². The van der Waals surface area contributed by atoms with E-state index in [1.165, 1.54) is 0 Å². The first kappa shape index (κ1) is 14.4. The molecule has 1 N–H and O–H groups in total. The molecule has 0 aromatic heterocycles. The predicted octanol–water partition coefficient (Wildman–Crippen LogP) is 2.52. The van der Waals surface area contributed by atoms with Crippen molar-refractivity contribution < 1.29 is 14.6 Å². The average Bonchev–Trinajstić information content (AvgIpc) is 2.00. The van der Waals surface area contributed by atoms with Gasteiger partial charge in [-0.15, -0.1) is 0 Å². The normalized spacial score (nSPS) is 14.9. The molecule has 0 heterocycles. The molecule has 0 saturated carbocycles. The van der Waals surface area contributed by atoms with Gasteiger partial charge in [0, 0.05) is 6.42 Å². The lowest BCUT2D eigenvalue weighted by Gasteiger charge is -2.26. The molecule has 0 aromatic rings. The minimum absolute atomic E-state index is 0.193. The molecule has 0 saturated heterocycles. The molecule has 0 radical (unpaired) electrons. The molecular formula is C12H24O3. The molecule has 1 unspecified atom stereocenters. The molecule has 0 fully saturated rings. The summed E-state index contributed by atoms with van der Waals surface area (Å²) in [5.74, 6) is -0.193. The number of esters is 1. The van der Waals surface area contributed by atoms with E-state index in [-0.39, 0.29) is 12.1 Å². The minimum Gasteiger partial charge on any atom is -0.462 e. The quantitative estimate of drug-likeness (QED) is 0.718. The number of carbonyl (C=O) groups excluding carboxylic acids is 1. The molecule has 0 spiro atoms. The molecule has 0 aliphatic heterocycles. The highest BCUT2D eigenvalue weighted by Crippen LogP contribution is 2.23. The molecule has 0 aromatic carbocycles. The largest absolute Gasteiger partial charge is 0.462 e. The van der Waals surface area contributed by atoms with Crippen LogP contribution < -0.4 is 0 Å². The van der Waals surface area contributed by atoms with E-state index in [2.05, 4.69) is 0 Å². The van der Waals surface area contributed by atoms with Crippen molar-refractivity contribution >= 4 is 5.97 Å². The van der Waals surface area contributed by atoms with Crippen LogP contribution in [0.3, 0.4) is 0 Å². The van der Waals surface area contributed by atoms with E-state index in [4.69, 9.17) is 4.74 Å². The first-order valence-electron chi connectivity index (χ1n) is 5.52. The molecule has 0 amide bonds. The van der Waals surface area contributed by atoms with Crippen molar-refractivity contribution in [2.24, 2.45) is 5.41 Å². The highest BCUT2D eigenvalue weighted by Gasteiger charge is 2.29. The Kier molecular flexibility index (Phi) is 4.78. The van der Waals surface area contributed by atoms with Gasteiger partial charge in [0.25, 0.3) is 0 Å². The third-order valence-corrected chi connectivity index (χ3v) is 2.53. The van der Waals surface area contributed by atoms with E-state index in [1.807, 2.05) is 27.7 Å². The van der Waals surface area contributed by atoms with Crippen LogP contribution in [0.1, 0.15) is 54.4 Å². The monoisotopic (exact) mass is 216 g/mol. The van der Waals surface area contributed by atoms with E-state index < -0.39 is 11.0 Å². The first-order chi connectivity index (χ1) is 6.58. The van der Waals surface area contributed by atoms with Crippen molar-refractivity contribution in [1.29, 1.82) is 0 Å². The summed E-state index contributed by atoms with van der Waals surface area (Å²) in [6.07, 6.45) is 0.961. The van der Waals surface area contributed by atoms with Crippen LogP contribution in [0.15, 0.2) is 0 Å². The van der Waals surface area contributed by atoms with Crippen molar-refractivity contribution in [2.45, 2.75) is 66.1 Å². The summed E-state index contributed by atoms with van der Waals surface area (Å²) in [7, 11) is 0. The highest BCUT2D eigenvalue weighted by atomic mass is 16.5. The molecule has 0 aliphatic carbocycles. The standard InChI is InChI=1S/C12H24O3/c1-7-11(3,4)10(13)15-9(2)8-12(5,6)14/h9,14H,7-8H2,1-6H3. The van der Waals surface area contributed by atoms with Gasteiger partial charge >= 0.3 is 5.97 Å². The van der Waals surface area contributed by atoms with Gasteiger partial charge in [0.05, 0.1) is 11.0 Å². The predicted molar refractivity (Wildman–Crippen MR) is 60.5 cm³/mol. The smallest absolute Gasteiger partial charge is 0.311 e. The molecule has 0 rings (SSSR count). The van der Waals surface area contributed by atoms with Crippen LogP contribution in [0.2, 0.25) is 0 Å². The fourth-order valence-corrected chi connectivity index (χ4v) is 1.23. The van der Waals surface area contributed by atoms with Gasteiger partial charge in [0.2, 0.25) is 0 Å². The summed E-state index contributed by atoms with van der Waals surface area (Å²) in [5.41, 5.74) is -1.23. The maximum absolute atomic E-state index is 11.7. The highest BCUT2D eigenvalue weighted by molar-refractivity contribution is 5.75. The number of rotatable bonds is 5. The van der Waals surface area contributed by atoms with E-state index >= 15 is 0 Å². The molecule has 0 aliphatic rings. The van der Waals surface area contributed by atoms with Gasteiger partial charge in [-0.3, -0.25) is 4.79 Å². The maximum Gasteiger partial charge on any atom is 0.311 e. The number of hydrogen-bond donors (Lipinski definition) is 1. The second-order valence-electron chi connectivity index (χ2n) is 5.47. The molecule has 3 heteroatoms. The topological polar surface area (TPSA) is 46.5 Å². The molecule has 3 nitrogen and oxygen atoms in total. The Morgan fingerprint density at radius 3 is 2.13 bits per heavy atom. The summed E-state index contributed by atoms with van der Waals surface area (Å²) in [6, 6.07) is 0. The van der Waals surface area contributed by atoms with Gasteiger partial charge in [0.15, 0.2) is 0 Å². The Morgan fingerprint density at radius 1 is 1.33 bits per heavy atom. The van der Waals surface area contributed by atoms with E-state index in [9.17, 15) is 9.90 Å². The SMILES string of the molecule is CCC(C)(C)C(=O)OC(C)CC(C)(C)O. The lowest BCUT2D eigenvalue weighted by atomic mass is 9.90. The Hall–Kier alpha value is -0.570. The lowest BCUT2D eigenvalue weighted by molar-refractivity contribution is -0.161. The summed E-state index contributed by atoms with van der Waals surface area (Å²) < 4.78 is 5.28. The average molecular weight is 216 g/mol.